The molecule has 1 aliphatic carbocycles. The number of hydrogen-bond donors (Lipinski definition) is 2. The summed E-state index contributed by atoms with van der Waals surface area (Å²) in [5, 5.41) is 17.7. The van der Waals surface area contributed by atoms with E-state index in [1.165, 1.54) is 31.4 Å². The highest BCUT2D eigenvalue weighted by molar-refractivity contribution is 6.10. The maximum absolute atomic E-state index is 13.8. The second-order valence-corrected chi connectivity index (χ2v) is 13.6. The highest BCUT2D eigenvalue weighted by Crippen LogP contribution is 2.40. The Labute approximate surface area is 307 Å². The fraction of sp³-hybridized carbons (Fsp3) is 0.256. The van der Waals surface area contributed by atoms with E-state index in [-0.39, 0.29) is 59.1 Å². The second-order valence-electron chi connectivity index (χ2n) is 13.6. The summed E-state index contributed by atoms with van der Waals surface area (Å²) < 4.78 is 31.3. The van der Waals surface area contributed by atoms with Crippen molar-refractivity contribution in [1.29, 1.82) is 5.26 Å². The Bertz CT molecular complexity index is 2220. The third-order valence-electron chi connectivity index (χ3n) is 9.74. The normalized spacial score (nSPS) is 16.6. The molecule has 270 valence electrons. The van der Waals surface area contributed by atoms with Crippen molar-refractivity contribution in [1.82, 2.24) is 5.32 Å². The van der Waals surface area contributed by atoms with Gasteiger partial charge in [0.1, 0.15) is 30.0 Å². The Morgan fingerprint density at radius 1 is 0.887 bits per heavy atom. The largest absolute Gasteiger partial charge is 0.496 e. The van der Waals surface area contributed by atoms with Crippen LogP contribution in [0.5, 0.6) is 11.5 Å². The highest BCUT2D eigenvalue weighted by Gasteiger charge is 2.40. The van der Waals surface area contributed by atoms with Gasteiger partial charge in [-0.1, -0.05) is 60.7 Å². The number of methoxy groups -OCH3 is 1. The molecule has 0 heterocycles. The number of fused-ring (bicyclic) bond motifs is 1. The Kier molecular flexibility index (Phi) is 11.0. The smallest absolute Gasteiger partial charge is 0.312 e. The average molecular weight is 714 g/mol. The third-order valence-corrected chi connectivity index (χ3v) is 9.74. The summed E-state index contributed by atoms with van der Waals surface area (Å²) in [4.78, 5) is 40.3. The molecule has 0 unspecified atom stereocenters. The predicted octanol–water partition coefficient (Wildman–Crippen LogP) is 8.42. The summed E-state index contributed by atoms with van der Waals surface area (Å²) >= 11 is 0. The number of nitrogens with one attached hydrogen (secondary N) is 2. The molecule has 0 spiro atoms. The number of carbonyl (C=O) groups is 3. The van der Waals surface area contributed by atoms with Crippen LogP contribution in [0.25, 0.3) is 10.8 Å². The summed E-state index contributed by atoms with van der Waals surface area (Å²) in [7, 11) is 1.40. The lowest BCUT2D eigenvalue weighted by molar-refractivity contribution is -0.159. The van der Waals surface area contributed by atoms with Crippen LogP contribution in [0.3, 0.4) is 0 Å². The molecule has 5 aromatic rings. The van der Waals surface area contributed by atoms with Crippen LogP contribution in [-0.2, 0) is 22.7 Å². The number of esters is 1. The maximum atomic E-state index is 13.8. The van der Waals surface area contributed by atoms with Crippen molar-refractivity contribution in [3.8, 4) is 17.6 Å². The summed E-state index contributed by atoms with van der Waals surface area (Å²) in [6.07, 6.45) is 1.81. The minimum absolute atomic E-state index is 0.0919. The summed E-state index contributed by atoms with van der Waals surface area (Å²) in [6, 6.07) is 29.9. The van der Waals surface area contributed by atoms with E-state index in [9.17, 15) is 24.0 Å². The van der Waals surface area contributed by atoms with Gasteiger partial charge in [0.05, 0.1) is 41.0 Å². The van der Waals surface area contributed by atoms with E-state index >= 15 is 0 Å². The number of rotatable bonds is 11. The monoisotopic (exact) mass is 713 g/mol. The fourth-order valence-corrected chi connectivity index (χ4v) is 6.63. The molecule has 0 saturated heterocycles. The molecule has 2 amide bonds. The first kappa shape index (κ1) is 36.6. The number of aryl methyl sites for hydroxylation is 1. The number of ether oxygens (including phenoxy) is 3. The van der Waals surface area contributed by atoms with Crippen molar-refractivity contribution in [3.63, 3.8) is 0 Å². The van der Waals surface area contributed by atoms with Crippen LogP contribution in [-0.4, -0.2) is 31.0 Å². The van der Waals surface area contributed by atoms with E-state index in [4.69, 9.17) is 14.2 Å². The molecule has 0 atom stereocenters. The summed E-state index contributed by atoms with van der Waals surface area (Å²) in [5.41, 5.74) is 2.42. The zero-order chi connectivity index (χ0) is 37.5. The topological polar surface area (TPSA) is 127 Å². The number of benzene rings is 5. The van der Waals surface area contributed by atoms with Gasteiger partial charge in [-0.05, 0) is 97.3 Å². The van der Waals surface area contributed by atoms with Crippen molar-refractivity contribution in [2.75, 3.05) is 12.4 Å². The minimum atomic E-state index is -0.692. The lowest BCUT2D eigenvalue weighted by Crippen LogP contribution is -2.37. The van der Waals surface area contributed by atoms with Crippen molar-refractivity contribution in [2.45, 2.75) is 58.8 Å². The van der Waals surface area contributed by atoms with Crippen molar-refractivity contribution in [2.24, 2.45) is 5.41 Å². The molecule has 0 aromatic heterocycles. The van der Waals surface area contributed by atoms with Crippen LogP contribution in [0, 0.1) is 29.5 Å². The van der Waals surface area contributed by atoms with Crippen LogP contribution >= 0.6 is 0 Å². The molecule has 1 saturated carbocycles. The zero-order valence-corrected chi connectivity index (χ0v) is 29.8. The average Bonchev–Trinajstić information content (AvgIpc) is 3.16. The van der Waals surface area contributed by atoms with Crippen molar-refractivity contribution < 1.29 is 33.0 Å². The zero-order valence-electron chi connectivity index (χ0n) is 29.8. The molecule has 9 nitrogen and oxygen atoms in total. The second kappa shape index (κ2) is 16.0. The standard InChI is InChI=1S/C43H40FN3O6/c1-27-14-15-35(40(48)46-25-28-8-6-12-32(44)21-28)37(20-27)47-41(49)36-23-38(31(24-45)22-39(36)51-3)53-33-16-18-43(2,19-17-33)42(50)52-26-30-11-7-10-29-9-4-5-13-34(29)30/h4-15,20-23,33H,16-19,25-26H2,1-3H3,(H,46,48)(H,47,49). The van der Waals surface area contributed by atoms with E-state index < -0.39 is 23.0 Å². The predicted molar refractivity (Wildman–Crippen MR) is 199 cm³/mol. The molecular formula is C43H40FN3O6. The molecule has 0 radical (unpaired) electrons. The van der Waals surface area contributed by atoms with Gasteiger partial charge in [0, 0.05) is 12.6 Å². The SMILES string of the molecule is COc1cc(C#N)c(OC2CCC(C)(C(=O)OCc3cccc4ccccc34)CC2)cc1C(=O)Nc1cc(C)ccc1C(=O)NCc1cccc(F)c1. The van der Waals surface area contributed by atoms with E-state index in [1.54, 1.807) is 30.3 Å². The van der Waals surface area contributed by atoms with Crippen molar-refractivity contribution in [3.05, 3.63) is 136 Å². The maximum Gasteiger partial charge on any atom is 0.312 e. The number of carbonyl (C=O) groups excluding carboxylic acids is 3. The molecule has 1 fully saturated rings. The first-order valence-corrected chi connectivity index (χ1v) is 17.4. The third kappa shape index (κ3) is 8.47. The summed E-state index contributed by atoms with van der Waals surface area (Å²) in [5.74, 6) is -1.34. The van der Waals surface area contributed by atoms with Gasteiger partial charge in [-0.25, -0.2) is 4.39 Å². The number of nitriles is 1. The Balaban J connectivity index is 1.12. The van der Waals surface area contributed by atoms with Gasteiger partial charge >= 0.3 is 5.97 Å². The van der Waals surface area contributed by atoms with E-state index in [2.05, 4.69) is 16.7 Å². The Hall–Kier alpha value is -6.21. The summed E-state index contributed by atoms with van der Waals surface area (Å²) in [6.45, 7) is 4.01. The van der Waals surface area contributed by atoms with Gasteiger partial charge in [0.25, 0.3) is 11.8 Å². The molecule has 0 aliphatic heterocycles. The molecular weight excluding hydrogens is 673 g/mol. The highest BCUT2D eigenvalue weighted by atomic mass is 19.1. The van der Waals surface area contributed by atoms with E-state index in [1.807, 2.05) is 56.3 Å². The van der Waals surface area contributed by atoms with E-state index in [0.717, 1.165) is 21.9 Å². The van der Waals surface area contributed by atoms with Crippen LogP contribution in [0.15, 0.2) is 97.1 Å². The quantitative estimate of drug-likeness (QED) is 0.132. The van der Waals surface area contributed by atoms with Gasteiger partial charge in [0.15, 0.2) is 0 Å². The molecule has 53 heavy (non-hydrogen) atoms. The van der Waals surface area contributed by atoms with Gasteiger partial charge in [-0.2, -0.15) is 5.26 Å². The van der Waals surface area contributed by atoms with Crippen LogP contribution in [0.4, 0.5) is 10.1 Å². The Morgan fingerprint density at radius 3 is 2.40 bits per heavy atom. The Morgan fingerprint density at radius 2 is 1.64 bits per heavy atom. The molecule has 6 rings (SSSR count). The minimum Gasteiger partial charge on any atom is -0.496 e. The molecule has 2 N–H and O–H groups in total. The van der Waals surface area contributed by atoms with Gasteiger partial charge in [-0.3, -0.25) is 14.4 Å². The number of hydrogen-bond acceptors (Lipinski definition) is 7. The van der Waals surface area contributed by atoms with Gasteiger partial charge < -0.3 is 24.8 Å². The fourth-order valence-electron chi connectivity index (χ4n) is 6.63. The lowest BCUT2D eigenvalue weighted by atomic mass is 9.74. The van der Waals surface area contributed by atoms with Gasteiger partial charge in [-0.15, -0.1) is 0 Å². The molecule has 5 aromatic carbocycles. The molecule has 1 aliphatic rings. The van der Waals surface area contributed by atoms with Crippen LogP contribution in [0.1, 0.15) is 75.6 Å². The number of anilines is 1. The number of nitrogens with zero attached hydrogens (tertiary/aromatic N) is 1. The van der Waals surface area contributed by atoms with E-state index in [0.29, 0.717) is 31.2 Å². The molecule has 10 heteroatoms. The van der Waals surface area contributed by atoms with Gasteiger partial charge in [0.2, 0.25) is 0 Å². The first-order chi connectivity index (χ1) is 25.6. The van der Waals surface area contributed by atoms with Crippen LogP contribution < -0.4 is 20.1 Å². The first-order valence-electron chi connectivity index (χ1n) is 17.4. The number of amides is 2. The van der Waals surface area contributed by atoms with Crippen LogP contribution in [0.2, 0.25) is 0 Å². The molecule has 0 bridgehead atoms. The van der Waals surface area contributed by atoms with Crippen molar-refractivity contribution >= 4 is 34.2 Å². The lowest BCUT2D eigenvalue weighted by Gasteiger charge is -2.35. The number of halogens is 1.